The zero-order chi connectivity index (χ0) is 19.8. The van der Waals surface area contributed by atoms with Gasteiger partial charge in [0.15, 0.2) is 0 Å². The molecule has 7 nitrogen and oxygen atoms in total. The van der Waals surface area contributed by atoms with Gasteiger partial charge in [0, 0.05) is 11.8 Å². The topological polar surface area (TPSA) is 85.6 Å². The number of nitrogens with zero attached hydrogens (tertiary/aromatic N) is 5. The summed E-state index contributed by atoms with van der Waals surface area (Å²) < 4.78 is 1.50. The molecule has 0 bridgehead atoms. The van der Waals surface area contributed by atoms with Crippen LogP contribution in [0.1, 0.15) is 49.1 Å². The summed E-state index contributed by atoms with van der Waals surface area (Å²) in [5.74, 6) is 0.112. The van der Waals surface area contributed by atoms with E-state index in [0.29, 0.717) is 33.1 Å². The molecule has 0 aliphatic carbocycles. The fourth-order valence-corrected chi connectivity index (χ4v) is 3.62. The molecule has 0 unspecified atom stereocenters. The number of aromatic nitrogens is 5. The lowest BCUT2D eigenvalue weighted by atomic mass is 9.98. The van der Waals surface area contributed by atoms with Crippen LogP contribution >= 0.6 is 34.5 Å². The Morgan fingerprint density at radius 2 is 1.89 bits per heavy atom. The molecule has 0 atom stereocenters. The molecule has 0 aliphatic rings. The highest BCUT2D eigenvalue weighted by molar-refractivity contribution is 7.15. The van der Waals surface area contributed by atoms with E-state index in [9.17, 15) is 4.79 Å². The van der Waals surface area contributed by atoms with Crippen LogP contribution in [0.4, 0.5) is 5.13 Å². The average molecular weight is 425 g/mol. The third kappa shape index (κ3) is 4.12. The van der Waals surface area contributed by atoms with E-state index in [1.807, 2.05) is 27.7 Å². The molecule has 0 spiro atoms. The molecule has 27 heavy (non-hydrogen) atoms. The lowest BCUT2D eigenvalue weighted by Crippen LogP contribution is -2.14. The molecule has 0 saturated heterocycles. The molecule has 142 valence electrons. The summed E-state index contributed by atoms with van der Waals surface area (Å²) in [7, 11) is 0. The summed E-state index contributed by atoms with van der Waals surface area (Å²) >= 11 is 13.9. The standard InChI is InChI=1S/C17H18Cl2N6OS/c1-5-11-20-13(24-25(11)12-9(18)7-6-8-10(12)19)14(26)21-16-23-22-15(27-16)17(2,3)4/h6-8H,5H2,1-4H3,(H,21,23,26). The molecule has 0 saturated carbocycles. The van der Waals surface area contributed by atoms with Crippen molar-refractivity contribution >= 4 is 45.6 Å². The van der Waals surface area contributed by atoms with Gasteiger partial charge in [-0.1, -0.05) is 68.3 Å². The van der Waals surface area contributed by atoms with Crippen molar-refractivity contribution in [1.29, 1.82) is 0 Å². The molecule has 3 rings (SSSR count). The maximum absolute atomic E-state index is 12.6. The quantitative estimate of drug-likeness (QED) is 0.664. The van der Waals surface area contributed by atoms with E-state index < -0.39 is 5.91 Å². The van der Waals surface area contributed by atoms with Crippen LogP contribution in [0, 0.1) is 0 Å². The summed E-state index contributed by atoms with van der Waals surface area (Å²) in [6.45, 7) is 8.00. The van der Waals surface area contributed by atoms with E-state index in [0.717, 1.165) is 5.01 Å². The van der Waals surface area contributed by atoms with E-state index >= 15 is 0 Å². The number of aryl methyl sites for hydroxylation is 1. The Labute approximate surface area is 170 Å². The smallest absolute Gasteiger partial charge is 0.294 e. The summed E-state index contributed by atoms with van der Waals surface area (Å²) in [6, 6.07) is 5.16. The first-order chi connectivity index (χ1) is 12.7. The summed E-state index contributed by atoms with van der Waals surface area (Å²) in [5.41, 5.74) is 0.353. The summed E-state index contributed by atoms with van der Waals surface area (Å²) in [4.78, 5) is 16.9. The lowest BCUT2D eigenvalue weighted by Gasteiger charge is -2.12. The second-order valence-corrected chi connectivity index (χ2v) is 8.60. The van der Waals surface area contributed by atoms with Crippen LogP contribution in [0.2, 0.25) is 10.0 Å². The fraction of sp³-hybridized carbons (Fsp3) is 0.353. The number of hydrogen-bond donors (Lipinski definition) is 1. The number of amides is 1. The van der Waals surface area contributed by atoms with Gasteiger partial charge in [0.1, 0.15) is 16.5 Å². The number of para-hydroxylation sites is 1. The SMILES string of the molecule is CCc1nc(C(=O)Nc2nnc(C(C)(C)C)s2)nn1-c1c(Cl)cccc1Cl. The highest BCUT2D eigenvalue weighted by Gasteiger charge is 2.23. The Kier molecular flexibility index (Phi) is 5.50. The van der Waals surface area contributed by atoms with Crippen molar-refractivity contribution in [2.24, 2.45) is 0 Å². The predicted octanol–water partition coefficient (Wildman–Crippen LogP) is 4.54. The van der Waals surface area contributed by atoms with Crippen LogP contribution in [0.3, 0.4) is 0 Å². The number of carbonyl (C=O) groups is 1. The predicted molar refractivity (Wildman–Crippen MR) is 107 cm³/mol. The van der Waals surface area contributed by atoms with Gasteiger partial charge in [0.25, 0.3) is 5.91 Å². The van der Waals surface area contributed by atoms with Crippen LogP contribution in [0.15, 0.2) is 18.2 Å². The highest BCUT2D eigenvalue weighted by atomic mass is 35.5. The highest BCUT2D eigenvalue weighted by Crippen LogP contribution is 2.30. The van der Waals surface area contributed by atoms with E-state index in [1.54, 1.807) is 18.2 Å². The zero-order valence-corrected chi connectivity index (χ0v) is 17.6. The molecular weight excluding hydrogens is 407 g/mol. The van der Waals surface area contributed by atoms with Gasteiger partial charge in [0.2, 0.25) is 11.0 Å². The molecule has 0 aliphatic heterocycles. The second-order valence-electron chi connectivity index (χ2n) is 6.80. The molecular formula is C17H18Cl2N6OS. The van der Waals surface area contributed by atoms with Crippen molar-refractivity contribution in [3.8, 4) is 5.69 Å². The van der Waals surface area contributed by atoms with Crippen molar-refractivity contribution in [1.82, 2.24) is 25.0 Å². The maximum atomic E-state index is 12.6. The van der Waals surface area contributed by atoms with Gasteiger partial charge in [0.05, 0.1) is 10.0 Å². The van der Waals surface area contributed by atoms with Crippen molar-refractivity contribution in [2.75, 3.05) is 5.32 Å². The van der Waals surface area contributed by atoms with Crippen molar-refractivity contribution < 1.29 is 4.79 Å². The number of carbonyl (C=O) groups excluding carboxylic acids is 1. The van der Waals surface area contributed by atoms with Crippen molar-refractivity contribution in [2.45, 2.75) is 39.5 Å². The molecule has 1 N–H and O–H groups in total. The molecule has 0 fully saturated rings. The number of benzene rings is 1. The van der Waals surface area contributed by atoms with Crippen LogP contribution < -0.4 is 5.32 Å². The molecule has 0 radical (unpaired) electrons. The summed E-state index contributed by atoms with van der Waals surface area (Å²) in [6.07, 6.45) is 0.550. The molecule has 1 amide bonds. The largest absolute Gasteiger partial charge is 0.297 e. The van der Waals surface area contributed by atoms with Gasteiger partial charge in [-0.05, 0) is 12.1 Å². The van der Waals surface area contributed by atoms with Gasteiger partial charge in [-0.3, -0.25) is 10.1 Å². The van der Waals surface area contributed by atoms with Crippen molar-refractivity contribution in [3.05, 3.63) is 44.9 Å². The molecule has 10 heteroatoms. The van der Waals surface area contributed by atoms with E-state index in [2.05, 4.69) is 25.6 Å². The number of halogens is 2. The molecule has 1 aromatic carbocycles. The zero-order valence-electron chi connectivity index (χ0n) is 15.2. The van der Waals surface area contributed by atoms with E-state index in [-0.39, 0.29) is 11.2 Å². The molecule has 3 aromatic rings. The van der Waals surface area contributed by atoms with Gasteiger partial charge >= 0.3 is 0 Å². The Morgan fingerprint density at radius 3 is 2.44 bits per heavy atom. The first-order valence-corrected chi connectivity index (χ1v) is 9.83. The van der Waals surface area contributed by atoms with Crippen LogP contribution in [0.25, 0.3) is 5.69 Å². The third-order valence-electron chi connectivity index (χ3n) is 3.63. The monoisotopic (exact) mass is 424 g/mol. The van der Waals surface area contributed by atoms with Gasteiger partial charge in [-0.25, -0.2) is 9.67 Å². The van der Waals surface area contributed by atoms with Gasteiger partial charge in [-0.2, -0.15) is 0 Å². The maximum Gasteiger partial charge on any atom is 0.297 e. The molecule has 2 aromatic heterocycles. The third-order valence-corrected chi connectivity index (χ3v) is 5.50. The lowest BCUT2D eigenvalue weighted by molar-refractivity contribution is 0.101. The first kappa shape index (κ1) is 19.7. The van der Waals surface area contributed by atoms with Gasteiger partial charge in [-0.15, -0.1) is 15.3 Å². The van der Waals surface area contributed by atoms with E-state index in [1.165, 1.54) is 16.0 Å². The first-order valence-electron chi connectivity index (χ1n) is 8.26. The minimum absolute atomic E-state index is 0.00958. The number of hydrogen-bond acceptors (Lipinski definition) is 6. The minimum atomic E-state index is -0.469. The fourth-order valence-electron chi connectivity index (χ4n) is 2.27. The normalized spacial score (nSPS) is 11.6. The molecule has 2 heterocycles. The van der Waals surface area contributed by atoms with E-state index in [4.69, 9.17) is 23.2 Å². The minimum Gasteiger partial charge on any atom is -0.294 e. The second kappa shape index (κ2) is 7.53. The Morgan fingerprint density at radius 1 is 1.22 bits per heavy atom. The number of nitrogens with one attached hydrogen (secondary N) is 1. The Hall–Kier alpha value is -2.03. The van der Waals surface area contributed by atoms with Crippen LogP contribution in [0.5, 0.6) is 0 Å². The number of rotatable bonds is 4. The Balaban J connectivity index is 1.91. The average Bonchev–Trinajstić information content (AvgIpc) is 3.21. The van der Waals surface area contributed by atoms with Gasteiger partial charge < -0.3 is 0 Å². The van der Waals surface area contributed by atoms with Crippen LogP contribution in [-0.4, -0.2) is 30.9 Å². The summed E-state index contributed by atoms with van der Waals surface area (Å²) in [5, 5.41) is 17.2. The van der Waals surface area contributed by atoms with Crippen LogP contribution in [-0.2, 0) is 11.8 Å². The Bertz CT molecular complexity index is 971. The van der Waals surface area contributed by atoms with Crippen molar-refractivity contribution in [3.63, 3.8) is 0 Å². The number of anilines is 1.